The second kappa shape index (κ2) is 6.76. The lowest BCUT2D eigenvalue weighted by molar-refractivity contribution is -0.0635. The first-order valence-electron chi connectivity index (χ1n) is 8.50. The molecule has 118 valence electrons. The zero-order valence-electron chi connectivity index (χ0n) is 13.9. The Labute approximate surface area is 125 Å². The van der Waals surface area contributed by atoms with Gasteiger partial charge in [0.2, 0.25) is 0 Å². The van der Waals surface area contributed by atoms with Gasteiger partial charge >= 0.3 is 0 Å². The molecular weight excluding hydrogens is 248 g/mol. The second-order valence-corrected chi connectivity index (χ2v) is 7.52. The Morgan fingerprint density at radius 3 is 2.70 bits per heavy atom. The number of nitrogens with two attached hydrogens (primary N) is 1. The van der Waals surface area contributed by atoms with Crippen LogP contribution in [-0.4, -0.2) is 43.3 Å². The largest absolute Gasteiger partial charge is 0.380 e. The maximum absolute atomic E-state index is 6.27. The van der Waals surface area contributed by atoms with Crippen LogP contribution in [0.5, 0.6) is 0 Å². The molecule has 2 N–H and O–H groups in total. The topological polar surface area (TPSA) is 38.5 Å². The van der Waals surface area contributed by atoms with Gasteiger partial charge in [0, 0.05) is 25.7 Å². The molecule has 0 aromatic rings. The molecule has 1 saturated heterocycles. The number of ether oxygens (including phenoxy) is 1. The number of methoxy groups -OCH3 is 1. The van der Waals surface area contributed by atoms with Gasteiger partial charge in [0.05, 0.1) is 6.10 Å². The SMILES string of the molecule is COC1CN(C2(CN)CCCC(C(C)C)C2)CCC1C. The lowest BCUT2D eigenvalue weighted by Crippen LogP contribution is -2.61. The molecule has 0 bridgehead atoms. The van der Waals surface area contributed by atoms with Crippen LogP contribution in [0.4, 0.5) is 0 Å². The highest BCUT2D eigenvalue weighted by molar-refractivity contribution is 4.99. The van der Waals surface area contributed by atoms with Crippen molar-refractivity contribution in [3.63, 3.8) is 0 Å². The normalized spacial score (nSPS) is 40.2. The molecule has 1 saturated carbocycles. The Hall–Kier alpha value is -0.120. The van der Waals surface area contributed by atoms with E-state index in [-0.39, 0.29) is 5.54 Å². The maximum atomic E-state index is 6.27. The molecule has 20 heavy (non-hydrogen) atoms. The van der Waals surface area contributed by atoms with E-state index in [0.29, 0.717) is 12.0 Å². The number of piperidine rings is 1. The lowest BCUT2D eigenvalue weighted by Gasteiger charge is -2.52. The molecule has 0 spiro atoms. The van der Waals surface area contributed by atoms with Gasteiger partial charge in [-0.3, -0.25) is 4.90 Å². The van der Waals surface area contributed by atoms with Gasteiger partial charge in [-0.1, -0.05) is 33.6 Å². The number of likely N-dealkylation sites (tertiary alicyclic amines) is 1. The van der Waals surface area contributed by atoms with Gasteiger partial charge in [-0.05, 0) is 43.6 Å². The smallest absolute Gasteiger partial charge is 0.0724 e. The van der Waals surface area contributed by atoms with E-state index in [9.17, 15) is 0 Å². The minimum absolute atomic E-state index is 0.240. The summed E-state index contributed by atoms with van der Waals surface area (Å²) in [6, 6.07) is 0. The highest BCUT2D eigenvalue weighted by Gasteiger charge is 2.43. The molecule has 1 heterocycles. The molecule has 3 nitrogen and oxygen atoms in total. The summed E-state index contributed by atoms with van der Waals surface area (Å²) in [6.07, 6.45) is 6.91. The first-order valence-corrected chi connectivity index (χ1v) is 8.50. The zero-order valence-corrected chi connectivity index (χ0v) is 13.9. The predicted molar refractivity (Wildman–Crippen MR) is 84.7 cm³/mol. The molecule has 2 fully saturated rings. The van der Waals surface area contributed by atoms with E-state index in [1.165, 1.54) is 38.6 Å². The van der Waals surface area contributed by atoms with Crippen LogP contribution in [0.15, 0.2) is 0 Å². The van der Waals surface area contributed by atoms with Crippen molar-refractivity contribution in [3.05, 3.63) is 0 Å². The van der Waals surface area contributed by atoms with Crippen LogP contribution < -0.4 is 5.73 Å². The van der Waals surface area contributed by atoms with E-state index in [1.54, 1.807) is 0 Å². The summed E-state index contributed by atoms with van der Waals surface area (Å²) >= 11 is 0. The fraction of sp³-hybridized carbons (Fsp3) is 1.00. The molecule has 0 radical (unpaired) electrons. The van der Waals surface area contributed by atoms with Crippen molar-refractivity contribution in [1.29, 1.82) is 0 Å². The van der Waals surface area contributed by atoms with Crippen molar-refractivity contribution < 1.29 is 4.74 Å². The molecule has 4 unspecified atom stereocenters. The third kappa shape index (κ3) is 3.20. The van der Waals surface area contributed by atoms with E-state index >= 15 is 0 Å². The van der Waals surface area contributed by atoms with Crippen LogP contribution in [0.1, 0.15) is 52.9 Å². The summed E-state index contributed by atoms with van der Waals surface area (Å²) in [7, 11) is 1.86. The number of hydrogen-bond acceptors (Lipinski definition) is 3. The van der Waals surface area contributed by atoms with Crippen LogP contribution in [0.25, 0.3) is 0 Å². The predicted octanol–water partition coefficient (Wildman–Crippen LogP) is 2.89. The summed E-state index contributed by atoms with van der Waals surface area (Å²) < 4.78 is 5.71. The highest BCUT2D eigenvalue weighted by atomic mass is 16.5. The van der Waals surface area contributed by atoms with Crippen molar-refractivity contribution >= 4 is 0 Å². The van der Waals surface area contributed by atoms with Crippen LogP contribution in [0.3, 0.4) is 0 Å². The minimum Gasteiger partial charge on any atom is -0.380 e. The van der Waals surface area contributed by atoms with E-state index in [4.69, 9.17) is 10.5 Å². The first-order chi connectivity index (χ1) is 9.52. The summed E-state index contributed by atoms with van der Waals surface area (Å²) in [6.45, 7) is 10.1. The molecule has 1 aliphatic heterocycles. The van der Waals surface area contributed by atoms with Gasteiger partial charge in [-0.2, -0.15) is 0 Å². The fourth-order valence-corrected chi connectivity index (χ4v) is 4.33. The molecule has 0 aromatic carbocycles. The molecule has 2 aliphatic rings. The van der Waals surface area contributed by atoms with Crippen molar-refractivity contribution in [2.45, 2.75) is 64.5 Å². The summed E-state index contributed by atoms with van der Waals surface area (Å²) in [4.78, 5) is 2.68. The van der Waals surface area contributed by atoms with E-state index in [1.807, 2.05) is 7.11 Å². The van der Waals surface area contributed by atoms with Crippen LogP contribution in [0, 0.1) is 17.8 Å². The van der Waals surface area contributed by atoms with Gasteiger partial charge < -0.3 is 10.5 Å². The third-order valence-electron chi connectivity index (χ3n) is 6.04. The highest BCUT2D eigenvalue weighted by Crippen LogP contribution is 2.41. The Bertz CT molecular complexity index is 307. The van der Waals surface area contributed by atoms with Crippen LogP contribution >= 0.6 is 0 Å². The standard InChI is InChI=1S/C17H34N2O/c1-13(2)15-6-5-8-17(10-15,12-18)19-9-7-14(3)16(11-19)20-4/h13-16H,5-12,18H2,1-4H3. The Morgan fingerprint density at radius 1 is 1.35 bits per heavy atom. The second-order valence-electron chi connectivity index (χ2n) is 7.52. The molecule has 3 heteroatoms. The average molecular weight is 282 g/mol. The number of nitrogens with zero attached hydrogens (tertiary/aromatic N) is 1. The van der Waals surface area contributed by atoms with E-state index in [0.717, 1.165) is 24.9 Å². The first kappa shape index (κ1) is 16.3. The molecule has 0 amide bonds. The van der Waals surface area contributed by atoms with Gasteiger partial charge in [-0.15, -0.1) is 0 Å². The minimum atomic E-state index is 0.240. The number of rotatable bonds is 4. The third-order valence-corrected chi connectivity index (χ3v) is 6.04. The van der Waals surface area contributed by atoms with Gasteiger partial charge in [0.25, 0.3) is 0 Å². The van der Waals surface area contributed by atoms with Crippen molar-refractivity contribution in [2.75, 3.05) is 26.7 Å². The van der Waals surface area contributed by atoms with E-state index < -0.39 is 0 Å². The van der Waals surface area contributed by atoms with Crippen molar-refractivity contribution in [2.24, 2.45) is 23.5 Å². The van der Waals surface area contributed by atoms with Gasteiger partial charge in [0.1, 0.15) is 0 Å². The Balaban J connectivity index is 2.10. The summed E-state index contributed by atoms with van der Waals surface area (Å²) in [5.74, 6) is 2.30. The van der Waals surface area contributed by atoms with Crippen LogP contribution in [0.2, 0.25) is 0 Å². The molecule has 1 aliphatic carbocycles. The molecule has 4 atom stereocenters. The van der Waals surface area contributed by atoms with Gasteiger partial charge in [-0.25, -0.2) is 0 Å². The zero-order chi connectivity index (χ0) is 14.8. The lowest BCUT2D eigenvalue weighted by atomic mass is 9.70. The van der Waals surface area contributed by atoms with Crippen molar-refractivity contribution in [1.82, 2.24) is 4.90 Å². The molecular formula is C17H34N2O. The fourth-order valence-electron chi connectivity index (χ4n) is 4.33. The average Bonchev–Trinajstić information content (AvgIpc) is 2.47. The van der Waals surface area contributed by atoms with Gasteiger partial charge in [0.15, 0.2) is 0 Å². The van der Waals surface area contributed by atoms with Crippen molar-refractivity contribution in [3.8, 4) is 0 Å². The molecule has 2 rings (SSSR count). The van der Waals surface area contributed by atoms with E-state index in [2.05, 4.69) is 25.7 Å². The molecule has 0 aromatic heterocycles. The number of hydrogen-bond donors (Lipinski definition) is 1. The Kier molecular flexibility index (Phi) is 5.49. The monoisotopic (exact) mass is 282 g/mol. The summed E-state index contributed by atoms with van der Waals surface area (Å²) in [5, 5.41) is 0. The maximum Gasteiger partial charge on any atom is 0.0724 e. The summed E-state index contributed by atoms with van der Waals surface area (Å²) in [5.41, 5.74) is 6.51. The van der Waals surface area contributed by atoms with Crippen LogP contribution in [-0.2, 0) is 4.74 Å². The quantitative estimate of drug-likeness (QED) is 0.861. The Morgan fingerprint density at radius 2 is 2.10 bits per heavy atom.